The monoisotopic (exact) mass is 576 g/mol. The van der Waals surface area contributed by atoms with Crippen LogP contribution in [-0.4, -0.2) is 48.1 Å². The molecule has 0 amide bonds. The van der Waals surface area contributed by atoms with E-state index in [1.807, 2.05) is 30.3 Å². The Morgan fingerprint density at radius 2 is 1.43 bits per heavy atom. The Labute approximate surface area is 222 Å². The molecule has 0 spiro atoms. The van der Waals surface area contributed by atoms with E-state index in [1.54, 1.807) is 0 Å². The number of ether oxygens (including phenoxy) is 2. The molecule has 4 rings (SSSR count). The summed E-state index contributed by atoms with van der Waals surface area (Å²) >= 11 is 0. The molecule has 2 aromatic rings. The predicted molar refractivity (Wildman–Crippen MR) is 129 cm³/mol. The largest absolute Gasteiger partial charge is 0.468 e. The first kappa shape index (κ1) is 31.2. The highest BCUT2D eigenvalue weighted by Crippen LogP contribution is 2.41. The van der Waals surface area contributed by atoms with Crippen LogP contribution in [0.3, 0.4) is 0 Å². The van der Waals surface area contributed by atoms with Crippen molar-refractivity contribution in [3.8, 4) is 11.8 Å². The fourth-order valence-corrected chi connectivity index (χ4v) is 4.03. The fourth-order valence-electron chi connectivity index (χ4n) is 4.03. The summed E-state index contributed by atoms with van der Waals surface area (Å²) in [6.07, 6.45) is -6.29. The molecule has 0 bridgehead atoms. The number of hydrogen-bond acceptors (Lipinski definition) is 6. The van der Waals surface area contributed by atoms with E-state index in [-0.39, 0.29) is 60.7 Å². The van der Waals surface area contributed by atoms with Crippen LogP contribution >= 0.6 is 24.8 Å². The number of nitrogens with one attached hydrogen (secondary N) is 2. The third kappa shape index (κ3) is 9.35. The molecule has 37 heavy (non-hydrogen) atoms. The maximum absolute atomic E-state index is 12.9. The molecule has 2 atom stereocenters. The smallest absolute Gasteiger partial charge is 0.422 e. The van der Waals surface area contributed by atoms with Crippen molar-refractivity contribution in [3.05, 3.63) is 47.3 Å². The van der Waals surface area contributed by atoms with E-state index in [0.717, 1.165) is 24.9 Å². The zero-order valence-corrected chi connectivity index (χ0v) is 21.2. The molecule has 2 N–H and O–H groups in total. The average molecular weight is 577 g/mol. The molecule has 1 aliphatic heterocycles. The van der Waals surface area contributed by atoms with E-state index in [1.165, 1.54) is 0 Å². The molecule has 2 heterocycles. The summed E-state index contributed by atoms with van der Waals surface area (Å²) in [5.41, 5.74) is 0.951. The highest BCUT2D eigenvalue weighted by Gasteiger charge is 2.35. The van der Waals surface area contributed by atoms with Crippen molar-refractivity contribution in [3.63, 3.8) is 0 Å². The lowest BCUT2D eigenvalue weighted by molar-refractivity contribution is -0.155. The molecule has 1 aliphatic carbocycles. The standard InChI is InChI=1S/C23H26F6N4O2.2ClH/c24-22(25,26)12-34-20-16(21(35-13-23(27,28)29)33-19(32-20)15-8-9-15)11-31-17-7-4-10-30-18(17)14-5-2-1-3-6-14;;/h1-3,5-6,15,17-18,30-31H,4,7-13H2;2*1H/t17-,18-;;/m0../s1. The second-order valence-electron chi connectivity index (χ2n) is 8.72. The highest BCUT2D eigenvalue weighted by molar-refractivity contribution is 5.85. The Kier molecular flexibility index (Phi) is 11.1. The fraction of sp³-hybridized carbons (Fsp3) is 0.565. The molecule has 1 saturated carbocycles. The van der Waals surface area contributed by atoms with Crippen molar-refractivity contribution in [1.29, 1.82) is 0 Å². The van der Waals surface area contributed by atoms with E-state index < -0.39 is 37.3 Å². The van der Waals surface area contributed by atoms with Crippen LogP contribution in [0.25, 0.3) is 0 Å². The molecule has 2 aliphatic rings. The number of nitrogens with zero attached hydrogens (tertiary/aromatic N) is 2. The lowest BCUT2D eigenvalue weighted by Crippen LogP contribution is -2.45. The van der Waals surface area contributed by atoms with Gasteiger partial charge in [0.1, 0.15) is 5.82 Å². The SMILES string of the molecule is Cl.Cl.FC(F)(F)COc1nc(C2CC2)nc(OCC(F)(F)F)c1CN[C@H]1CCCN[C@H]1c1ccccc1. The zero-order valence-electron chi connectivity index (χ0n) is 19.6. The van der Waals surface area contributed by atoms with Crippen molar-refractivity contribution >= 4 is 24.8 Å². The van der Waals surface area contributed by atoms with Crippen molar-refractivity contribution in [2.75, 3.05) is 19.8 Å². The number of alkyl halides is 6. The van der Waals surface area contributed by atoms with Gasteiger partial charge in [0.2, 0.25) is 11.8 Å². The van der Waals surface area contributed by atoms with Gasteiger partial charge in [-0.3, -0.25) is 0 Å². The minimum absolute atomic E-state index is 0. The summed E-state index contributed by atoms with van der Waals surface area (Å²) in [5.74, 6) is -0.832. The van der Waals surface area contributed by atoms with E-state index in [9.17, 15) is 26.3 Å². The number of rotatable bonds is 9. The third-order valence-electron chi connectivity index (χ3n) is 5.79. The van der Waals surface area contributed by atoms with Gasteiger partial charge in [0.05, 0.1) is 5.56 Å². The van der Waals surface area contributed by atoms with Crippen LogP contribution in [-0.2, 0) is 6.54 Å². The van der Waals surface area contributed by atoms with Crippen molar-refractivity contribution < 1.29 is 35.8 Å². The van der Waals surface area contributed by atoms with Crippen molar-refractivity contribution in [2.45, 2.75) is 62.6 Å². The number of hydrogen-bond donors (Lipinski definition) is 2. The summed E-state index contributed by atoms with van der Waals surface area (Å²) < 4.78 is 87.3. The van der Waals surface area contributed by atoms with E-state index >= 15 is 0 Å². The Hall–Kier alpha value is -2.02. The lowest BCUT2D eigenvalue weighted by Gasteiger charge is -2.34. The zero-order chi connectivity index (χ0) is 25.1. The molecule has 6 nitrogen and oxygen atoms in total. The van der Waals surface area contributed by atoms with Gasteiger partial charge >= 0.3 is 12.4 Å². The van der Waals surface area contributed by atoms with Gasteiger partial charge in [-0.1, -0.05) is 30.3 Å². The maximum Gasteiger partial charge on any atom is 0.422 e. The van der Waals surface area contributed by atoms with Crippen LogP contribution in [0.1, 0.15) is 54.6 Å². The van der Waals surface area contributed by atoms with Crippen LogP contribution in [0.2, 0.25) is 0 Å². The number of benzene rings is 1. The Bertz CT molecular complexity index is 954. The summed E-state index contributed by atoms with van der Waals surface area (Å²) in [7, 11) is 0. The van der Waals surface area contributed by atoms with Gasteiger partial charge in [0.25, 0.3) is 0 Å². The van der Waals surface area contributed by atoms with Gasteiger partial charge in [-0.25, -0.2) is 0 Å². The molecule has 1 aromatic carbocycles. The van der Waals surface area contributed by atoms with Crippen molar-refractivity contribution in [2.24, 2.45) is 0 Å². The Balaban J connectivity index is 0.00000241. The first-order valence-corrected chi connectivity index (χ1v) is 11.4. The normalized spacial score (nSPS) is 19.9. The number of piperidine rings is 1. The summed E-state index contributed by atoms with van der Waals surface area (Å²) in [4.78, 5) is 8.27. The van der Waals surface area contributed by atoms with Crippen LogP contribution in [0.4, 0.5) is 26.3 Å². The van der Waals surface area contributed by atoms with Crippen molar-refractivity contribution in [1.82, 2.24) is 20.6 Å². The molecule has 1 aromatic heterocycles. The molecule has 0 unspecified atom stereocenters. The second-order valence-corrected chi connectivity index (χ2v) is 8.72. The van der Waals surface area contributed by atoms with Crippen LogP contribution in [0.5, 0.6) is 11.8 Å². The molecule has 0 radical (unpaired) electrons. The molecule has 1 saturated heterocycles. The Morgan fingerprint density at radius 3 is 1.95 bits per heavy atom. The van der Waals surface area contributed by atoms with Gasteiger partial charge in [-0.05, 0) is 37.8 Å². The van der Waals surface area contributed by atoms with Crippen LogP contribution in [0, 0.1) is 0 Å². The second kappa shape index (κ2) is 13.2. The number of halogens is 8. The van der Waals surface area contributed by atoms with Gasteiger partial charge in [0, 0.05) is 24.5 Å². The molecular weight excluding hydrogens is 549 g/mol. The van der Waals surface area contributed by atoms with Gasteiger partial charge in [0.15, 0.2) is 13.2 Å². The molecule has 2 fully saturated rings. The highest BCUT2D eigenvalue weighted by atomic mass is 35.5. The first-order chi connectivity index (χ1) is 16.6. The van der Waals surface area contributed by atoms with E-state index in [0.29, 0.717) is 12.8 Å². The third-order valence-corrected chi connectivity index (χ3v) is 5.79. The number of aromatic nitrogens is 2. The summed E-state index contributed by atoms with van der Waals surface area (Å²) in [6, 6.07) is 9.39. The Morgan fingerprint density at radius 1 is 0.865 bits per heavy atom. The predicted octanol–water partition coefficient (Wildman–Crippen LogP) is 5.66. The maximum atomic E-state index is 12.9. The van der Waals surface area contributed by atoms with Gasteiger partial charge < -0.3 is 20.1 Å². The first-order valence-electron chi connectivity index (χ1n) is 11.4. The van der Waals surface area contributed by atoms with Crippen LogP contribution in [0.15, 0.2) is 30.3 Å². The van der Waals surface area contributed by atoms with E-state index in [2.05, 4.69) is 20.6 Å². The molecule has 14 heteroatoms. The average Bonchev–Trinajstić information content (AvgIpc) is 3.65. The van der Waals surface area contributed by atoms with E-state index in [4.69, 9.17) is 9.47 Å². The summed E-state index contributed by atoms with van der Waals surface area (Å²) in [5, 5.41) is 6.68. The molecule has 208 valence electrons. The topological polar surface area (TPSA) is 68.3 Å². The minimum atomic E-state index is -4.64. The molecular formula is C23H28Cl2F6N4O2. The quantitative estimate of drug-likeness (QED) is 0.375. The minimum Gasteiger partial charge on any atom is -0.468 e. The lowest BCUT2D eigenvalue weighted by atomic mass is 9.92. The van der Waals surface area contributed by atoms with Gasteiger partial charge in [-0.2, -0.15) is 36.3 Å². The summed E-state index contributed by atoms with van der Waals surface area (Å²) in [6.45, 7) is -2.59. The van der Waals surface area contributed by atoms with Gasteiger partial charge in [-0.15, -0.1) is 24.8 Å². The van der Waals surface area contributed by atoms with Crippen LogP contribution < -0.4 is 20.1 Å².